The van der Waals surface area contributed by atoms with Crippen molar-refractivity contribution in [3.63, 3.8) is 0 Å². The summed E-state index contributed by atoms with van der Waals surface area (Å²) in [6.45, 7) is 0. The highest BCUT2D eigenvalue weighted by atomic mass is 32.1. The lowest BCUT2D eigenvalue weighted by atomic mass is 10.1. The molecule has 0 saturated carbocycles. The van der Waals surface area contributed by atoms with E-state index in [2.05, 4.69) is 10.6 Å². The summed E-state index contributed by atoms with van der Waals surface area (Å²) in [6, 6.07) is 3.92. The highest BCUT2D eigenvalue weighted by molar-refractivity contribution is 7.80. The molecular formula is C12H12N2O2S3. The number of carbonyl (C=O) groups is 1. The number of nitrogens with one attached hydrogen (secondary N) is 2. The monoisotopic (exact) mass is 312 g/mol. The fourth-order valence-electron chi connectivity index (χ4n) is 1.53. The van der Waals surface area contributed by atoms with Crippen LogP contribution in [0, 0.1) is 0 Å². The van der Waals surface area contributed by atoms with Gasteiger partial charge in [-0.2, -0.15) is 0 Å². The van der Waals surface area contributed by atoms with E-state index in [4.69, 9.17) is 17.0 Å². The second-order valence-corrected chi connectivity index (χ2v) is 5.76. The van der Waals surface area contributed by atoms with Gasteiger partial charge in [-0.25, -0.2) is 4.79 Å². The minimum Gasteiger partial charge on any atom is -0.465 e. The molecule has 2 N–H and O–H groups in total. The van der Waals surface area contributed by atoms with Crippen LogP contribution < -0.4 is 10.6 Å². The van der Waals surface area contributed by atoms with Gasteiger partial charge in [0, 0.05) is 22.9 Å². The average molecular weight is 312 g/mol. The third-order valence-corrected chi connectivity index (χ3v) is 4.53. The van der Waals surface area contributed by atoms with Crippen molar-refractivity contribution in [2.24, 2.45) is 0 Å². The number of thiocarbonyl (C=S) groups is 1. The second kappa shape index (κ2) is 6.14. The zero-order chi connectivity index (χ0) is 13.8. The molecule has 0 bridgehead atoms. The maximum atomic E-state index is 12.0. The average Bonchev–Trinajstić information content (AvgIpc) is 3.06. The third-order valence-electron chi connectivity index (χ3n) is 2.42. The Morgan fingerprint density at radius 2 is 2.21 bits per heavy atom. The molecule has 0 aliphatic rings. The van der Waals surface area contributed by atoms with E-state index in [9.17, 15) is 4.79 Å². The number of hydrogen-bond acceptors (Lipinski definition) is 5. The number of anilines is 1. The molecule has 2 rings (SSSR count). The lowest BCUT2D eigenvalue weighted by Crippen LogP contribution is -2.24. The molecule has 0 fully saturated rings. The molecule has 0 aliphatic carbocycles. The number of hydrogen-bond donors (Lipinski definition) is 2. The molecule has 19 heavy (non-hydrogen) atoms. The molecule has 2 aromatic rings. The standard InChI is InChI=1S/C12H12N2O2S3/c1-13-12(17)14-10-9(11(15)16-2)7(6-19-10)8-4-3-5-18-8/h3-6H,1-2H3,(H2,13,14,17). The van der Waals surface area contributed by atoms with E-state index < -0.39 is 0 Å². The number of carbonyl (C=O) groups excluding carboxylic acids is 1. The Kier molecular flexibility index (Phi) is 4.52. The highest BCUT2D eigenvalue weighted by Gasteiger charge is 2.21. The largest absolute Gasteiger partial charge is 0.465 e. The van der Waals surface area contributed by atoms with Gasteiger partial charge in [-0.05, 0) is 23.7 Å². The van der Waals surface area contributed by atoms with Gasteiger partial charge in [0.15, 0.2) is 5.11 Å². The van der Waals surface area contributed by atoms with Crippen LogP contribution in [0.3, 0.4) is 0 Å². The minimum atomic E-state index is -0.369. The predicted molar refractivity (Wildman–Crippen MR) is 84.3 cm³/mol. The fraction of sp³-hybridized carbons (Fsp3) is 0.167. The Hall–Kier alpha value is -1.44. The van der Waals surface area contributed by atoms with E-state index in [1.165, 1.54) is 18.4 Å². The molecule has 0 atom stereocenters. The van der Waals surface area contributed by atoms with Crippen molar-refractivity contribution in [2.45, 2.75) is 0 Å². The molecule has 4 nitrogen and oxygen atoms in total. The first-order valence-electron chi connectivity index (χ1n) is 5.39. The van der Waals surface area contributed by atoms with Gasteiger partial charge < -0.3 is 15.4 Å². The van der Waals surface area contributed by atoms with Gasteiger partial charge in [-0.3, -0.25) is 0 Å². The van der Waals surface area contributed by atoms with Crippen molar-refractivity contribution in [1.29, 1.82) is 0 Å². The zero-order valence-corrected chi connectivity index (χ0v) is 12.8. The summed E-state index contributed by atoms with van der Waals surface area (Å²) in [7, 11) is 3.10. The lowest BCUT2D eigenvalue weighted by Gasteiger charge is -2.08. The Morgan fingerprint density at radius 3 is 2.79 bits per heavy atom. The molecule has 2 aromatic heterocycles. The summed E-state index contributed by atoms with van der Waals surface area (Å²) >= 11 is 8.07. The molecule has 0 unspecified atom stereocenters. The first-order valence-corrected chi connectivity index (χ1v) is 7.56. The van der Waals surface area contributed by atoms with Gasteiger partial charge in [0.25, 0.3) is 0 Å². The molecule has 0 aromatic carbocycles. The van der Waals surface area contributed by atoms with E-state index in [0.717, 1.165) is 10.4 Å². The topological polar surface area (TPSA) is 50.4 Å². The van der Waals surface area contributed by atoms with Crippen LogP contribution in [0.15, 0.2) is 22.9 Å². The normalized spacial score (nSPS) is 10.0. The summed E-state index contributed by atoms with van der Waals surface area (Å²) < 4.78 is 4.86. The van der Waals surface area contributed by atoms with E-state index in [1.54, 1.807) is 18.4 Å². The number of rotatable bonds is 3. The summed E-state index contributed by atoms with van der Waals surface area (Å²) in [5.41, 5.74) is 1.39. The second-order valence-electron chi connectivity index (χ2n) is 3.53. The van der Waals surface area contributed by atoms with Crippen molar-refractivity contribution < 1.29 is 9.53 Å². The van der Waals surface area contributed by atoms with Crippen molar-refractivity contribution in [3.8, 4) is 10.4 Å². The van der Waals surface area contributed by atoms with Crippen LogP contribution >= 0.6 is 34.9 Å². The molecule has 0 saturated heterocycles. The highest BCUT2D eigenvalue weighted by Crippen LogP contribution is 2.38. The molecule has 100 valence electrons. The first-order chi connectivity index (χ1) is 9.17. The van der Waals surface area contributed by atoms with E-state index in [0.29, 0.717) is 15.7 Å². The van der Waals surface area contributed by atoms with Crippen molar-refractivity contribution in [1.82, 2.24) is 5.32 Å². The van der Waals surface area contributed by atoms with Gasteiger partial charge in [-0.15, -0.1) is 22.7 Å². The van der Waals surface area contributed by atoms with Gasteiger partial charge >= 0.3 is 5.97 Å². The molecule has 7 heteroatoms. The lowest BCUT2D eigenvalue weighted by molar-refractivity contribution is 0.0603. The minimum absolute atomic E-state index is 0.369. The Balaban J connectivity index is 2.45. The van der Waals surface area contributed by atoms with Gasteiger partial charge in [0.2, 0.25) is 0 Å². The van der Waals surface area contributed by atoms with Crippen LogP contribution in [0.1, 0.15) is 10.4 Å². The number of thiophene rings is 2. The van der Waals surface area contributed by atoms with Crippen LogP contribution in [-0.2, 0) is 4.74 Å². The quantitative estimate of drug-likeness (QED) is 0.673. The Labute approximate surface area is 124 Å². The first kappa shape index (κ1) is 14.0. The summed E-state index contributed by atoms with van der Waals surface area (Å²) in [6.07, 6.45) is 0. The van der Waals surface area contributed by atoms with Gasteiger partial charge in [-0.1, -0.05) is 6.07 Å². The predicted octanol–water partition coefficient (Wildman–Crippen LogP) is 3.18. The molecule has 0 spiro atoms. The van der Waals surface area contributed by atoms with Crippen LogP contribution in [0.2, 0.25) is 0 Å². The maximum absolute atomic E-state index is 12.0. The van der Waals surface area contributed by atoms with E-state index >= 15 is 0 Å². The summed E-state index contributed by atoms with van der Waals surface area (Å²) in [5, 5.41) is 10.9. The summed E-state index contributed by atoms with van der Waals surface area (Å²) in [4.78, 5) is 13.0. The maximum Gasteiger partial charge on any atom is 0.341 e. The number of esters is 1. The number of methoxy groups -OCH3 is 1. The Bertz CT molecular complexity index is 590. The van der Waals surface area contributed by atoms with Crippen LogP contribution in [0.25, 0.3) is 10.4 Å². The van der Waals surface area contributed by atoms with Crippen molar-refractivity contribution in [2.75, 3.05) is 19.5 Å². The van der Waals surface area contributed by atoms with E-state index in [-0.39, 0.29) is 5.97 Å². The molecule has 0 amide bonds. The molecule has 0 radical (unpaired) electrons. The fourth-order valence-corrected chi connectivity index (χ4v) is 3.48. The Morgan fingerprint density at radius 1 is 1.42 bits per heavy atom. The molecular weight excluding hydrogens is 300 g/mol. The van der Waals surface area contributed by atoms with E-state index in [1.807, 2.05) is 22.9 Å². The van der Waals surface area contributed by atoms with Crippen molar-refractivity contribution >= 4 is 51.0 Å². The smallest absolute Gasteiger partial charge is 0.341 e. The number of ether oxygens (including phenoxy) is 1. The van der Waals surface area contributed by atoms with Crippen LogP contribution in [0.4, 0.5) is 5.00 Å². The van der Waals surface area contributed by atoms with Crippen LogP contribution in [0.5, 0.6) is 0 Å². The zero-order valence-electron chi connectivity index (χ0n) is 10.4. The molecule has 2 heterocycles. The molecule has 0 aliphatic heterocycles. The van der Waals surface area contributed by atoms with Gasteiger partial charge in [0.05, 0.1) is 7.11 Å². The third kappa shape index (κ3) is 2.94. The van der Waals surface area contributed by atoms with Crippen molar-refractivity contribution in [3.05, 3.63) is 28.5 Å². The SMILES string of the molecule is CNC(=S)Nc1scc(-c2cccs2)c1C(=O)OC. The van der Waals surface area contributed by atoms with Crippen LogP contribution in [-0.4, -0.2) is 25.2 Å². The summed E-state index contributed by atoms with van der Waals surface area (Å²) in [5.74, 6) is -0.369. The van der Waals surface area contributed by atoms with Gasteiger partial charge in [0.1, 0.15) is 10.6 Å².